The third-order valence-electron chi connectivity index (χ3n) is 3.58. The van der Waals surface area contributed by atoms with Crippen molar-refractivity contribution in [1.29, 1.82) is 0 Å². The van der Waals surface area contributed by atoms with Crippen LogP contribution in [0.15, 0.2) is 61.2 Å². The first-order valence-electron chi connectivity index (χ1n) is 7.24. The molecule has 116 valence electrons. The summed E-state index contributed by atoms with van der Waals surface area (Å²) < 4.78 is 1.98. The van der Waals surface area contributed by atoms with Crippen molar-refractivity contribution in [3.63, 3.8) is 0 Å². The van der Waals surface area contributed by atoms with Crippen LogP contribution in [0.2, 0.25) is 5.02 Å². The number of halogens is 1. The normalized spacial score (nSPS) is 10.5. The summed E-state index contributed by atoms with van der Waals surface area (Å²) >= 11 is 5.93. The van der Waals surface area contributed by atoms with Gasteiger partial charge < -0.3 is 9.88 Å². The smallest absolute Gasteiger partial charge is 0.255 e. The van der Waals surface area contributed by atoms with E-state index in [9.17, 15) is 4.79 Å². The SMILES string of the molecule is Cc1cc(Cl)ccc1NC(=O)c1ccc(Cn2ccnc2)cc1. The van der Waals surface area contributed by atoms with E-state index in [0.29, 0.717) is 10.6 Å². The van der Waals surface area contributed by atoms with Crippen LogP contribution in [0.5, 0.6) is 0 Å². The van der Waals surface area contributed by atoms with E-state index in [1.807, 2.05) is 54.1 Å². The molecular formula is C18H16ClN3O. The Morgan fingerprint density at radius 1 is 1.22 bits per heavy atom. The number of carbonyl (C=O) groups is 1. The van der Waals surface area contributed by atoms with Crippen molar-refractivity contribution in [3.8, 4) is 0 Å². The number of carbonyl (C=O) groups excluding carboxylic acids is 1. The number of rotatable bonds is 4. The van der Waals surface area contributed by atoms with Gasteiger partial charge in [0.25, 0.3) is 5.91 Å². The van der Waals surface area contributed by atoms with Gasteiger partial charge in [-0.1, -0.05) is 23.7 Å². The molecule has 3 aromatic rings. The monoisotopic (exact) mass is 325 g/mol. The molecule has 0 atom stereocenters. The highest BCUT2D eigenvalue weighted by molar-refractivity contribution is 6.30. The van der Waals surface area contributed by atoms with E-state index in [-0.39, 0.29) is 5.91 Å². The van der Waals surface area contributed by atoms with Gasteiger partial charge in [0.05, 0.1) is 6.33 Å². The van der Waals surface area contributed by atoms with Crippen LogP contribution in [-0.4, -0.2) is 15.5 Å². The number of hydrogen-bond acceptors (Lipinski definition) is 2. The molecule has 3 rings (SSSR count). The summed E-state index contributed by atoms with van der Waals surface area (Å²) in [7, 11) is 0. The minimum Gasteiger partial charge on any atom is -0.333 e. The van der Waals surface area contributed by atoms with Crippen molar-refractivity contribution in [2.24, 2.45) is 0 Å². The first-order valence-corrected chi connectivity index (χ1v) is 7.62. The van der Waals surface area contributed by atoms with Crippen LogP contribution in [0.25, 0.3) is 0 Å². The van der Waals surface area contributed by atoms with Crippen LogP contribution >= 0.6 is 11.6 Å². The quantitative estimate of drug-likeness (QED) is 0.783. The van der Waals surface area contributed by atoms with Gasteiger partial charge >= 0.3 is 0 Å². The first kappa shape index (κ1) is 15.3. The fraction of sp³-hybridized carbons (Fsp3) is 0.111. The van der Waals surface area contributed by atoms with Gasteiger partial charge in [-0.25, -0.2) is 4.98 Å². The minimum atomic E-state index is -0.135. The molecule has 2 aromatic carbocycles. The zero-order valence-electron chi connectivity index (χ0n) is 12.7. The number of imidazole rings is 1. The zero-order valence-corrected chi connectivity index (χ0v) is 13.4. The number of anilines is 1. The van der Waals surface area contributed by atoms with Crippen LogP contribution < -0.4 is 5.32 Å². The van der Waals surface area contributed by atoms with E-state index in [0.717, 1.165) is 23.4 Å². The predicted octanol–water partition coefficient (Wildman–Crippen LogP) is 4.15. The summed E-state index contributed by atoms with van der Waals surface area (Å²) in [6.07, 6.45) is 5.42. The van der Waals surface area contributed by atoms with Gasteiger partial charge in [0.15, 0.2) is 0 Å². The summed E-state index contributed by atoms with van der Waals surface area (Å²) in [5.74, 6) is -0.135. The maximum absolute atomic E-state index is 12.3. The fourth-order valence-corrected chi connectivity index (χ4v) is 2.54. The van der Waals surface area contributed by atoms with Crippen LogP contribution in [0, 0.1) is 6.92 Å². The standard InChI is InChI=1S/C18H16ClN3O/c1-13-10-16(19)6-7-17(13)21-18(23)15-4-2-14(3-5-15)11-22-9-8-20-12-22/h2-10,12H,11H2,1H3,(H,21,23). The highest BCUT2D eigenvalue weighted by Crippen LogP contribution is 2.20. The largest absolute Gasteiger partial charge is 0.333 e. The Labute approximate surface area is 139 Å². The summed E-state index contributed by atoms with van der Waals surface area (Å²) in [4.78, 5) is 16.3. The Bertz CT molecular complexity index is 811. The van der Waals surface area contributed by atoms with Crippen molar-refractivity contribution in [2.45, 2.75) is 13.5 Å². The van der Waals surface area contributed by atoms with E-state index in [4.69, 9.17) is 11.6 Å². The second kappa shape index (κ2) is 6.67. The molecule has 1 aromatic heterocycles. The third kappa shape index (κ3) is 3.79. The van der Waals surface area contributed by atoms with Crippen molar-refractivity contribution in [3.05, 3.63) is 82.9 Å². The Kier molecular flexibility index (Phi) is 4.44. The number of hydrogen-bond donors (Lipinski definition) is 1. The maximum atomic E-state index is 12.3. The Hall–Kier alpha value is -2.59. The molecule has 1 heterocycles. The zero-order chi connectivity index (χ0) is 16.2. The Morgan fingerprint density at radius 2 is 2.00 bits per heavy atom. The highest BCUT2D eigenvalue weighted by atomic mass is 35.5. The summed E-state index contributed by atoms with van der Waals surface area (Å²) in [5, 5.41) is 3.56. The molecule has 0 saturated carbocycles. The van der Waals surface area contributed by atoms with Crippen molar-refractivity contribution < 1.29 is 4.79 Å². The Morgan fingerprint density at radius 3 is 2.65 bits per heavy atom. The fourth-order valence-electron chi connectivity index (χ4n) is 2.31. The lowest BCUT2D eigenvalue weighted by molar-refractivity contribution is 0.102. The minimum absolute atomic E-state index is 0.135. The van der Waals surface area contributed by atoms with Gasteiger partial charge in [-0.15, -0.1) is 0 Å². The van der Waals surface area contributed by atoms with Gasteiger partial charge in [-0.05, 0) is 48.4 Å². The number of aromatic nitrogens is 2. The molecule has 0 aliphatic rings. The maximum Gasteiger partial charge on any atom is 0.255 e. The van der Waals surface area contributed by atoms with Gasteiger partial charge in [0.1, 0.15) is 0 Å². The molecule has 5 heteroatoms. The number of benzene rings is 2. The van der Waals surface area contributed by atoms with Gasteiger partial charge in [0.2, 0.25) is 0 Å². The third-order valence-corrected chi connectivity index (χ3v) is 3.81. The molecule has 0 spiro atoms. The molecule has 1 N–H and O–H groups in total. The molecule has 23 heavy (non-hydrogen) atoms. The lowest BCUT2D eigenvalue weighted by atomic mass is 10.1. The number of nitrogens with one attached hydrogen (secondary N) is 1. The van der Waals surface area contributed by atoms with E-state index in [1.165, 1.54) is 0 Å². The van der Waals surface area contributed by atoms with Crippen LogP contribution in [0.4, 0.5) is 5.69 Å². The molecule has 0 unspecified atom stereocenters. The van der Waals surface area contributed by atoms with Gasteiger partial charge in [-0.3, -0.25) is 4.79 Å². The number of amides is 1. The molecule has 0 bridgehead atoms. The molecule has 1 amide bonds. The van der Waals surface area contributed by atoms with Crippen LogP contribution in [-0.2, 0) is 6.54 Å². The van der Waals surface area contributed by atoms with Gasteiger partial charge in [0, 0.05) is 35.2 Å². The second-order valence-corrected chi connectivity index (χ2v) is 5.78. The molecule has 0 saturated heterocycles. The average Bonchev–Trinajstić information content (AvgIpc) is 3.04. The second-order valence-electron chi connectivity index (χ2n) is 5.35. The van der Waals surface area contributed by atoms with E-state index in [2.05, 4.69) is 10.3 Å². The summed E-state index contributed by atoms with van der Waals surface area (Å²) in [6.45, 7) is 2.65. The number of nitrogens with zero attached hydrogens (tertiary/aromatic N) is 2. The van der Waals surface area contributed by atoms with E-state index in [1.54, 1.807) is 18.6 Å². The predicted molar refractivity (Wildman–Crippen MR) is 91.9 cm³/mol. The first-order chi connectivity index (χ1) is 11.1. The van der Waals surface area contributed by atoms with Crippen molar-refractivity contribution >= 4 is 23.2 Å². The van der Waals surface area contributed by atoms with E-state index >= 15 is 0 Å². The highest BCUT2D eigenvalue weighted by Gasteiger charge is 2.08. The van der Waals surface area contributed by atoms with E-state index < -0.39 is 0 Å². The topological polar surface area (TPSA) is 46.9 Å². The van der Waals surface area contributed by atoms with Crippen molar-refractivity contribution in [1.82, 2.24) is 9.55 Å². The lowest BCUT2D eigenvalue weighted by Crippen LogP contribution is -2.12. The molecule has 4 nitrogen and oxygen atoms in total. The molecule has 0 aliphatic heterocycles. The number of aryl methyl sites for hydroxylation is 1. The molecular weight excluding hydrogens is 310 g/mol. The van der Waals surface area contributed by atoms with Crippen LogP contribution in [0.1, 0.15) is 21.5 Å². The lowest BCUT2D eigenvalue weighted by Gasteiger charge is -2.09. The molecule has 0 aliphatic carbocycles. The summed E-state index contributed by atoms with van der Waals surface area (Å²) in [5.41, 5.74) is 3.43. The summed E-state index contributed by atoms with van der Waals surface area (Å²) in [6, 6.07) is 12.9. The average molecular weight is 326 g/mol. The van der Waals surface area contributed by atoms with Crippen LogP contribution in [0.3, 0.4) is 0 Å². The van der Waals surface area contributed by atoms with Crippen molar-refractivity contribution in [2.75, 3.05) is 5.32 Å². The Balaban J connectivity index is 1.70. The molecule has 0 fully saturated rings. The molecule has 0 radical (unpaired) electrons. The van der Waals surface area contributed by atoms with Gasteiger partial charge in [-0.2, -0.15) is 0 Å².